The van der Waals surface area contributed by atoms with Crippen LogP contribution in [0.15, 0.2) is 30.3 Å². The van der Waals surface area contributed by atoms with Crippen molar-refractivity contribution in [2.45, 2.75) is 17.8 Å². The van der Waals surface area contributed by atoms with Crippen LogP contribution in [0.25, 0.3) is 291 Å². The average molecular weight is 911 g/mol. The maximum Gasteiger partial charge on any atom is 0.322 e. The summed E-state index contributed by atoms with van der Waals surface area (Å²) in [6, 6.07) is 10.1. The molecule has 5 aliphatic rings. The van der Waals surface area contributed by atoms with Gasteiger partial charge in [0.25, 0.3) is 0 Å². The van der Waals surface area contributed by atoms with Gasteiger partial charge >= 0.3 is 5.97 Å². The number of benzene rings is 19. The van der Waals surface area contributed by atoms with Gasteiger partial charge in [0.15, 0.2) is 11.2 Å². The summed E-state index contributed by atoms with van der Waals surface area (Å²) < 4.78 is 6.79. The molecule has 0 atom stereocenters. The van der Waals surface area contributed by atoms with Crippen molar-refractivity contribution < 1.29 is 14.3 Å². The van der Waals surface area contributed by atoms with Crippen LogP contribution in [0.5, 0.6) is 0 Å². The highest BCUT2D eigenvalue weighted by Crippen LogP contribution is 2.97. The van der Waals surface area contributed by atoms with Crippen molar-refractivity contribution in [1.82, 2.24) is 0 Å². The van der Waals surface area contributed by atoms with Crippen molar-refractivity contribution in [3.63, 3.8) is 0 Å². The number of rotatable bonds is 4. The van der Waals surface area contributed by atoms with Gasteiger partial charge in [0.1, 0.15) is 0 Å². The molecule has 0 amide bonds. The summed E-state index contributed by atoms with van der Waals surface area (Å²) >= 11 is 0. The lowest BCUT2D eigenvalue weighted by Gasteiger charge is -2.32. The summed E-state index contributed by atoms with van der Waals surface area (Å²) in [7, 11) is 0. The Kier molecular flexibility index (Phi) is 2.42. The van der Waals surface area contributed by atoms with Crippen LogP contribution in [-0.2, 0) is 20.4 Å². The second-order valence-electron chi connectivity index (χ2n) is 26.4. The predicted molar refractivity (Wildman–Crippen MR) is 304 cm³/mol. The fourth-order valence-electron chi connectivity index (χ4n) is 26.3. The number of esters is 1. The lowest BCUT2D eigenvalue weighted by molar-refractivity contribution is -0.148. The third-order valence-corrected chi connectivity index (χ3v) is 26.3. The molecule has 3 heteroatoms. The SMILES string of the molecule is CCOC(=O)C1(C(=O)c2ccccc2)C23c4c5c6c7c8c9c(c%10c%11c2c2c4c4c%12c5c5c6c6c8c8c%13c9c9c%10c%10c%11c%11c2c2c4c4c%12c%12c5c5c6c8c6c8c%13c9c9c%10c%10c%11c2c2c4c4c%12c5c6c5c8c9c%10c2c45)C713. The first-order valence-corrected chi connectivity index (χ1v) is 27.3. The van der Waals surface area contributed by atoms with E-state index in [0.29, 0.717) is 5.56 Å². The van der Waals surface area contributed by atoms with Crippen LogP contribution in [0.3, 0.4) is 0 Å². The maximum absolute atomic E-state index is 17.4. The fourth-order valence-corrected chi connectivity index (χ4v) is 26.3. The molecule has 0 aliphatic heterocycles. The minimum atomic E-state index is -1.58. The van der Waals surface area contributed by atoms with Gasteiger partial charge in [-0.05, 0) is 320 Å². The van der Waals surface area contributed by atoms with E-state index in [1.807, 2.05) is 37.3 Å². The van der Waals surface area contributed by atoms with Crippen LogP contribution in [0.1, 0.15) is 39.5 Å². The van der Waals surface area contributed by atoms with Gasteiger partial charge in [-0.2, -0.15) is 0 Å². The van der Waals surface area contributed by atoms with Gasteiger partial charge in [0, 0.05) is 5.56 Å². The number of ether oxygens (including phenoxy) is 1. The molecule has 74 heavy (non-hydrogen) atoms. The van der Waals surface area contributed by atoms with Crippen molar-refractivity contribution in [2.24, 2.45) is 5.41 Å². The average Bonchev–Trinajstić information content (AvgIpc) is 3.87. The van der Waals surface area contributed by atoms with E-state index >= 15 is 9.59 Å². The summed E-state index contributed by atoms with van der Waals surface area (Å²) in [5.74, 6) is -0.365. The van der Waals surface area contributed by atoms with Crippen LogP contribution in [0.4, 0.5) is 0 Å². The Morgan fingerprint density at radius 2 is 0.459 bits per heavy atom. The Balaban J connectivity index is 1.14. The van der Waals surface area contributed by atoms with E-state index in [1.54, 1.807) is 97.0 Å². The van der Waals surface area contributed by atoms with Crippen molar-refractivity contribution in [3.05, 3.63) is 58.1 Å². The highest BCUT2D eigenvalue weighted by Gasteiger charge is 3.00. The molecule has 0 bridgehead atoms. The molecule has 1 fully saturated rings. The summed E-state index contributed by atoms with van der Waals surface area (Å²) in [5, 5.41) is 81.0. The molecule has 0 saturated heterocycles. The Labute approximate surface area is 402 Å². The smallest absolute Gasteiger partial charge is 0.322 e. The molecule has 34 rings (SSSR count). The van der Waals surface area contributed by atoms with Crippen LogP contribution in [0, 0.1) is 5.41 Å². The molecule has 29 aromatic carbocycles. The Hall–Kier alpha value is -9.18. The zero-order chi connectivity index (χ0) is 44.7. The number of ketones is 1. The van der Waals surface area contributed by atoms with Gasteiger partial charge in [-0.3, -0.25) is 9.59 Å². The molecule has 0 N–H and O–H groups in total. The molecule has 3 nitrogen and oxygen atoms in total. The monoisotopic (exact) mass is 910 g/mol. The maximum atomic E-state index is 17.4. The van der Waals surface area contributed by atoms with Crippen molar-refractivity contribution in [2.75, 3.05) is 6.61 Å². The number of hydrogen-bond donors (Lipinski definition) is 0. The van der Waals surface area contributed by atoms with E-state index in [2.05, 4.69) is 0 Å². The zero-order valence-corrected chi connectivity index (χ0v) is 37.8. The van der Waals surface area contributed by atoms with Crippen molar-refractivity contribution in [1.29, 1.82) is 0 Å². The Morgan fingerprint density at radius 1 is 0.284 bits per heavy atom. The van der Waals surface area contributed by atoms with E-state index in [-0.39, 0.29) is 18.4 Å². The molecule has 0 radical (unpaired) electrons. The second-order valence-corrected chi connectivity index (χ2v) is 26.4. The molecule has 29 aromatic rings. The number of Topliss-reactive ketones (excluding diaryl/α,β-unsaturated/α-hetero) is 1. The van der Waals surface area contributed by atoms with Crippen molar-refractivity contribution in [3.8, 4) is 0 Å². The summed E-state index contributed by atoms with van der Waals surface area (Å²) in [6.07, 6.45) is 0. The first-order chi connectivity index (χ1) is 36.7. The molecule has 0 unspecified atom stereocenters. The molecule has 0 aromatic heterocycles. The van der Waals surface area contributed by atoms with Gasteiger partial charge in [0.05, 0.1) is 17.4 Å². The van der Waals surface area contributed by atoms with Gasteiger partial charge in [-0.25, -0.2) is 0 Å². The van der Waals surface area contributed by atoms with Crippen LogP contribution in [0.2, 0.25) is 0 Å². The van der Waals surface area contributed by atoms with E-state index in [9.17, 15) is 0 Å². The van der Waals surface area contributed by atoms with Crippen LogP contribution in [-0.4, -0.2) is 18.4 Å². The minimum absolute atomic E-state index is 0.0495. The molecular weight excluding hydrogens is 901 g/mol. The highest BCUT2D eigenvalue weighted by molar-refractivity contribution is 6.82. The van der Waals surface area contributed by atoms with Gasteiger partial charge in [-0.1, -0.05) is 30.3 Å². The fraction of sp³-hybridized carbons (Fsp3) is 0.0704. The Morgan fingerprint density at radius 3 is 0.635 bits per heavy atom. The second kappa shape index (κ2) is 6.37. The molecule has 312 valence electrons. The Bertz CT molecular complexity index is 7050. The molecular formula is C71H10O3. The van der Waals surface area contributed by atoms with E-state index in [4.69, 9.17) is 4.74 Å². The first-order valence-electron chi connectivity index (χ1n) is 27.3. The van der Waals surface area contributed by atoms with Gasteiger partial charge in [0.2, 0.25) is 0 Å². The molecule has 1 saturated carbocycles. The summed E-state index contributed by atoms with van der Waals surface area (Å²) in [5.41, 5.74) is 2.32. The first kappa shape index (κ1) is 28.2. The van der Waals surface area contributed by atoms with E-state index < -0.39 is 16.2 Å². The standard InChI is InChI=1S/C71H10O3/c1-2-74-68(73)71(67(72)8-6-4-3-5-7-8)69-63-55-47-37-27-19-11-9-10-13-17-15(11)23-31-25(17)35-29-21(13)22-14(10)18-16-12(9)20(19)28-34-24(16)32-26(18)36-30(22)40-39(29)49-43(35)53-45(31)51(41(47)33(23)27)59(63)61(53)65-57(49)58-50(40)44(36)54-46(32)52-42(34)48(38(28)37)56(55)64(69)60(52)62(54)66(58)70(65,69)71/h3-7H,2H2,1H3. The van der Waals surface area contributed by atoms with Crippen LogP contribution < -0.4 is 0 Å². The molecule has 5 aliphatic carbocycles. The summed E-state index contributed by atoms with van der Waals surface area (Å²) in [6.45, 7) is 2.18. The lowest BCUT2D eigenvalue weighted by atomic mass is 9.68. The third-order valence-electron chi connectivity index (χ3n) is 26.3. The third kappa shape index (κ3) is 1.45. The van der Waals surface area contributed by atoms with Gasteiger partial charge < -0.3 is 4.74 Å². The largest absolute Gasteiger partial charge is 0.465 e. The highest BCUT2D eigenvalue weighted by atomic mass is 16.5. The molecule has 0 heterocycles. The topological polar surface area (TPSA) is 43.4 Å². The normalized spacial score (nSPS) is 23.5. The number of carbonyl (C=O) groups is 2. The molecule has 2 spiro atoms. The van der Waals surface area contributed by atoms with Gasteiger partial charge in [-0.15, -0.1) is 0 Å². The zero-order valence-electron chi connectivity index (χ0n) is 37.8. The number of hydrogen-bond acceptors (Lipinski definition) is 3. The number of carbonyl (C=O) groups excluding carboxylic acids is 2. The quantitative estimate of drug-likeness (QED) is 0.0765. The summed E-state index contributed by atoms with van der Waals surface area (Å²) in [4.78, 5) is 34.4. The minimum Gasteiger partial charge on any atom is -0.465 e. The van der Waals surface area contributed by atoms with Crippen molar-refractivity contribution >= 4 is 303 Å². The predicted octanol–water partition coefficient (Wildman–Crippen LogP) is 17.7. The van der Waals surface area contributed by atoms with E-state index in [0.717, 1.165) is 0 Å². The lowest BCUT2D eigenvalue weighted by Crippen LogP contribution is -2.37. The van der Waals surface area contributed by atoms with Crippen LogP contribution >= 0.6 is 0 Å². The van der Waals surface area contributed by atoms with E-state index in [1.165, 1.54) is 216 Å².